The van der Waals surface area contributed by atoms with Crippen molar-refractivity contribution in [3.63, 3.8) is 0 Å². The van der Waals surface area contributed by atoms with E-state index in [-0.39, 0.29) is 5.91 Å². The van der Waals surface area contributed by atoms with Gasteiger partial charge in [0.05, 0.1) is 10.4 Å². The number of carbonyl (C=O) groups is 1. The number of alkyl halides is 2. The quantitative estimate of drug-likeness (QED) is 0.824. The van der Waals surface area contributed by atoms with Gasteiger partial charge < -0.3 is 5.32 Å². The highest BCUT2D eigenvalue weighted by Crippen LogP contribution is 2.19. The average Bonchev–Trinajstić information content (AvgIpc) is 2.76. The zero-order valence-electron chi connectivity index (χ0n) is 9.35. The summed E-state index contributed by atoms with van der Waals surface area (Å²) in [6.45, 7) is 3.87. The van der Waals surface area contributed by atoms with Gasteiger partial charge in [-0.05, 0) is 30.4 Å². The SMILES string of the molecule is CCc1ccsc1C(=O)NC(C)(CCl)CCl. The van der Waals surface area contributed by atoms with Gasteiger partial charge in [-0.3, -0.25) is 4.79 Å². The van der Waals surface area contributed by atoms with E-state index >= 15 is 0 Å². The third-order valence-corrected chi connectivity index (χ3v) is 4.47. The van der Waals surface area contributed by atoms with E-state index in [4.69, 9.17) is 23.2 Å². The Labute approximate surface area is 110 Å². The molecule has 2 nitrogen and oxygen atoms in total. The summed E-state index contributed by atoms with van der Waals surface area (Å²) in [6.07, 6.45) is 0.852. The van der Waals surface area contributed by atoms with Gasteiger partial charge in [-0.1, -0.05) is 6.92 Å². The Balaban J connectivity index is 2.80. The van der Waals surface area contributed by atoms with E-state index in [1.54, 1.807) is 0 Å². The Morgan fingerprint density at radius 3 is 2.62 bits per heavy atom. The highest BCUT2D eigenvalue weighted by molar-refractivity contribution is 7.12. The molecule has 0 spiro atoms. The molecule has 1 aromatic rings. The van der Waals surface area contributed by atoms with Crippen LogP contribution in [0.3, 0.4) is 0 Å². The lowest BCUT2D eigenvalue weighted by Crippen LogP contribution is -2.49. The fraction of sp³-hybridized carbons (Fsp3) is 0.545. The van der Waals surface area contributed by atoms with Gasteiger partial charge in [0.25, 0.3) is 5.91 Å². The van der Waals surface area contributed by atoms with Crippen LogP contribution < -0.4 is 5.32 Å². The molecule has 1 rings (SSSR count). The monoisotopic (exact) mass is 279 g/mol. The van der Waals surface area contributed by atoms with Crippen LogP contribution >= 0.6 is 34.5 Å². The molecule has 0 saturated carbocycles. The predicted molar refractivity (Wildman–Crippen MR) is 71.0 cm³/mol. The molecule has 1 aromatic heterocycles. The smallest absolute Gasteiger partial charge is 0.262 e. The standard InChI is InChI=1S/C11H15Cl2NOS/c1-3-8-4-5-16-9(8)10(15)14-11(2,6-12)7-13/h4-5H,3,6-7H2,1-2H3,(H,14,15). The molecule has 0 aliphatic rings. The molecule has 0 aliphatic heterocycles. The first-order valence-corrected chi connectivity index (χ1v) is 7.02. The summed E-state index contributed by atoms with van der Waals surface area (Å²) in [5.74, 6) is 0.514. The Morgan fingerprint density at radius 2 is 2.12 bits per heavy atom. The first-order valence-electron chi connectivity index (χ1n) is 5.07. The lowest BCUT2D eigenvalue weighted by molar-refractivity contribution is 0.0925. The first-order chi connectivity index (χ1) is 7.56. The van der Waals surface area contributed by atoms with Gasteiger partial charge in [-0.15, -0.1) is 34.5 Å². The molecule has 0 aliphatic carbocycles. The highest BCUT2D eigenvalue weighted by atomic mass is 35.5. The zero-order chi connectivity index (χ0) is 12.2. The maximum absolute atomic E-state index is 12.0. The van der Waals surface area contributed by atoms with Gasteiger partial charge in [0.15, 0.2) is 0 Å². The van der Waals surface area contributed by atoms with E-state index in [1.165, 1.54) is 11.3 Å². The number of aryl methyl sites for hydroxylation is 1. The van der Waals surface area contributed by atoms with Crippen molar-refractivity contribution in [2.75, 3.05) is 11.8 Å². The van der Waals surface area contributed by atoms with E-state index < -0.39 is 5.54 Å². The second-order valence-electron chi connectivity index (χ2n) is 3.91. The molecule has 1 amide bonds. The summed E-state index contributed by atoms with van der Waals surface area (Å²) < 4.78 is 0. The number of rotatable bonds is 5. The van der Waals surface area contributed by atoms with Gasteiger partial charge in [0.2, 0.25) is 0 Å². The number of amides is 1. The van der Waals surface area contributed by atoms with Crippen LogP contribution in [0.2, 0.25) is 0 Å². The molecular weight excluding hydrogens is 265 g/mol. The molecule has 0 fully saturated rings. The Morgan fingerprint density at radius 1 is 1.50 bits per heavy atom. The van der Waals surface area contributed by atoms with Gasteiger partial charge in [-0.25, -0.2) is 0 Å². The number of hydrogen-bond acceptors (Lipinski definition) is 2. The van der Waals surface area contributed by atoms with Crippen molar-refractivity contribution in [1.82, 2.24) is 5.32 Å². The van der Waals surface area contributed by atoms with E-state index in [1.807, 2.05) is 25.3 Å². The maximum atomic E-state index is 12.0. The van der Waals surface area contributed by atoms with Crippen LogP contribution in [-0.4, -0.2) is 23.2 Å². The summed E-state index contributed by atoms with van der Waals surface area (Å²) in [4.78, 5) is 12.8. The summed E-state index contributed by atoms with van der Waals surface area (Å²) in [7, 11) is 0. The number of nitrogens with one attached hydrogen (secondary N) is 1. The van der Waals surface area contributed by atoms with Gasteiger partial charge in [-0.2, -0.15) is 0 Å². The molecule has 0 radical (unpaired) electrons. The minimum atomic E-state index is -0.546. The average molecular weight is 280 g/mol. The van der Waals surface area contributed by atoms with Crippen molar-refractivity contribution in [2.45, 2.75) is 25.8 Å². The van der Waals surface area contributed by atoms with Crippen LogP contribution in [0, 0.1) is 0 Å². The van der Waals surface area contributed by atoms with Crippen molar-refractivity contribution >= 4 is 40.4 Å². The number of carbonyl (C=O) groups excluding carboxylic acids is 1. The van der Waals surface area contributed by atoms with E-state index in [9.17, 15) is 4.79 Å². The van der Waals surface area contributed by atoms with Crippen molar-refractivity contribution in [2.24, 2.45) is 0 Å². The topological polar surface area (TPSA) is 29.1 Å². The van der Waals surface area contributed by atoms with Gasteiger partial charge >= 0.3 is 0 Å². The van der Waals surface area contributed by atoms with Crippen LogP contribution in [0.1, 0.15) is 29.1 Å². The largest absolute Gasteiger partial charge is 0.344 e. The molecule has 1 N–H and O–H groups in total. The highest BCUT2D eigenvalue weighted by Gasteiger charge is 2.26. The molecule has 0 atom stereocenters. The molecule has 5 heteroatoms. The molecule has 90 valence electrons. The van der Waals surface area contributed by atoms with Crippen LogP contribution in [0.5, 0.6) is 0 Å². The van der Waals surface area contributed by atoms with Crippen LogP contribution in [0.15, 0.2) is 11.4 Å². The summed E-state index contributed by atoms with van der Waals surface area (Å²) >= 11 is 13.0. The fourth-order valence-electron chi connectivity index (χ4n) is 1.25. The zero-order valence-corrected chi connectivity index (χ0v) is 11.7. The minimum Gasteiger partial charge on any atom is -0.344 e. The van der Waals surface area contributed by atoms with Crippen molar-refractivity contribution in [1.29, 1.82) is 0 Å². The van der Waals surface area contributed by atoms with Crippen molar-refractivity contribution < 1.29 is 4.79 Å². The van der Waals surface area contributed by atoms with Gasteiger partial charge in [0.1, 0.15) is 0 Å². The normalized spacial score (nSPS) is 11.5. The number of thiophene rings is 1. The Hall–Kier alpha value is -0.250. The van der Waals surface area contributed by atoms with E-state index in [0.29, 0.717) is 11.8 Å². The maximum Gasteiger partial charge on any atom is 0.262 e. The van der Waals surface area contributed by atoms with E-state index in [2.05, 4.69) is 5.32 Å². The van der Waals surface area contributed by atoms with Gasteiger partial charge in [0, 0.05) is 11.8 Å². The molecule has 0 unspecified atom stereocenters. The van der Waals surface area contributed by atoms with Crippen molar-refractivity contribution in [3.8, 4) is 0 Å². The van der Waals surface area contributed by atoms with Crippen LogP contribution in [-0.2, 0) is 6.42 Å². The van der Waals surface area contributed by atoms with Crippen LogP contribution in [0.25, 0.3) is 0 Å². The van der Waals surface area contributed by atoms with Crippen LogP contribution in [0.4, 0.5) is 0 Å². The molecule has 0 saturated heterocycles. The first kappa shape index (κ1) is 13.8. The van der Waals surface area contributed by atoms with E-state index in [0.717, 1.165) is 16.9 Å². The summed E-state index contributed by atoms with van der Waals surface area (Å²) in [6, 6.07) is 1.97. The second kappa shape index (κ2) is 5.89. The molecular formula is C11H15Cl2NOS. The molecule has 0 bridgehead atoms. The summed E-state index contributed by atoms with van der Waals surface area (Å²) in [5, 5.41) is 4.80. The molecule has 16 heavy (non-hydrogen) atoms. The fourth-order valence-corrected chi connectivity index (χ4v) is 2.56. The number of halogens is 2. The third-order valence-electron chi connectivity index (χ3n) is 2.34. The van der Waals surface area contributed by atoms with Crippen molar-refractivity contribution in [3.05, 3.63) is 21.9 Å². The number of hydrogen-bond donors (Lipinski definition) is 1. The lowest BCUT2D eigenvalue weighted by Gasteiger charge is -2.25. The lowest BCUT2D eigenvalue weighted by atomic mass is 10.1. The Kier molecular flexibility index (Phi) is 5.09. The predicted octanol–water partition coefficient (Wildman–Crippen LogP) is 3.28. The second-order valence-corrected chi connectivity index (χ2v) is 5.36. The molecule has 0 aromatic carbocycles. The molecule has 1 heterocycles. The minimum absolute atomic E-state index is 0.0874. The summed E-state index contributed by atoms with van der Waals surface area (Å²) in [5.41, 5.74) is 0.517. The third kappa shape index (κ3) is 3.12. The Bertz CT molecular complexity index is 361.